The molecule has 6 nitrogen and oxygen atoms in total. The van der Waals surface area contributed by atoms with E-state index in [9.17, 15) is 19.4 Å². The molecule has 0 bridgehead atoms. The van der Waals surface area contributed by atoms with Crippen molar-refractivity contribution in [2.75, 3.05) is 32.5 Å². The molecule has 2 N–H and O–H groups in total. The van der Waals surface area contributed by atoms with Crippen LogP contribution in [0.25, 0.3) is 10.9 Å². The molecule has 1 aliphatic heterocycles. The summed E-state index contributed by atoms with van der Waals surface area (Å²) in [5.41, 5.74) is 0.608. The Morgan fingerprint density at radius 3 is 2.71 bits per heavy atom. The van der Waals surface area contributed by atoms with Crippen LogP contribution in [0.15, 0.2) is 24.4 Å². The average molecular weight is 505 g/mol. The Bertz CT molecular complexity index is 1000. The van der Waals surface area contributed by atoms with E-state index in [0.717, 1.165) is 30.6 Å². The number of carboxylic acids is 1. The molecule has 1 saturated heterocycles. The van der Waals surface area contributed by atoms with E-state index in [0.29, 0.717) is 47.0 Å². The second-order valence-electron chi connectivity index (χ2n) is 9.97. The van der Waals surface area contributed by atoms with Crippen molar-refractivity contribution >= 4 is 28.6 Å². The molecule has 1 saturated carbocycles. The normalized spacial score (nSPS) is 19.7. The first-order chi connectivity index (χ1) is 17.0. The topological polar surface area (TPSA) is 82.9 Å². The van der Waals surface area contributed by atoms with Gasteiger partial charge in [-0.2, -0.15) is 11.8 Å². The number of piperidine rings is 1. The van der Waals surface area contributed by atoms with Crippen molar-refractivity contribution in [3.8, 4) is 5.75 Å². The number of nitrogens with zero attached hydrogens (tertiary/aromatic N) is 2. The number of fused-ring (bicyclic) bond motifs is 1. The number of alkyl halides is 1. The summed E-state index contributed by atoms with van der Waals surface area (Å²) < 4.78 is 19.1. The third kappa shape index (κ3) is 6.09. The molecular formula is C27H37FN2O4S. The summed E-state index contributed by atoms with van der Waals surface area (Å²) in [5, 5.41) is 22.7. The van der Waals surface area contributed by atoms with Gasteiger partial charge in [0.15, 0.2) is 0 Å². The smallest absolute Gasteiger partial charge is 0.309 e. The van der Waals surface area contributed by atoms with Crippen molar-refractivity contribution in [1.82, 2.24) is 9.88 Å². The van der Waals surface area contributed by atoms with Gasteiger partial charge in [0.05, 0.1) is 24.1 Å². The molecule has 1 aliphatic carbocycles. The average Bonchev–Trinajstić information content (AvgIpc) is 3.40. The molecule has 2 aromatic rings. The first-order valence-electron chi connectivity index (χ1n) is 12.7. The number of carboxylic acid groups (broad SMARTS) is 1. The Kier molecular flexibility index (Phi) is 8.89. The molecule has 2 aliphatic rings. The molecular weight excluding hydrogens is 467 g/mol. The number of hydrogen-bond donors (Lipinski definition) is 2. The fraction of sp³-hybridized carbons (Fsp3) is 0.630. The number of halogens is 1. The van der Waals surface area contributed by atoms with E-state index >= 15 is 0 Å². The molecule has 35 heavy (non-hydrogen) atoms. The van der Waals surface area contributed by atoms with E-state index in [2.05, 4.69) is 21.6 Å². The van der Waals surface area contributed by atoms with E-state index in [1.165, 1.54) is 31.9 Å². The maximum atomic E-state index is 13.8. The highest BCUT2D eigenvalue weighted by molar-refractivity contribution is 7.99. The Hall–Kier alpha value is -1.90. The number of carbonyl (C=O) groups is 1. The highest BCUT2D eigenvalue weighted by Crippen LogP contribution is 2.40. The van der Waals surface area contributed by atoms with E-state index in [1.54, 1.807) is 25.3 Å². The largest absolute Gasteiger partial charge is 0.497 e. The maximum Gasteiger partial charge on any atom is 0.309 e. The second kappa shape index (κ2) is 11.9. The molecule has 0 radical (unpaired) electrons. The minimum absolute atomic E-state index is 0.257. The number of pyridine rings is 1. The van der Waals surface area contributed by atoms with Crippen LogP contribution in [0.1, 0.15) is 68.6 Å². The van der Waals surface area contributed by atoms with Crippen LogP contribution in [0.2, 0.25) is 0 Å². The van der Waals surface area contributed by atoms with Crippen molar-refractivity contribution in [2.45, 2.75) is 69.4 Å². The zero-order valence-electron chi connectivity index (χ0n) is 20.5. The number of aliphatic carboxylic acids is 1. The Morgan fingerprint density at radius 1 is 1.31 bits per heavy atom. The molecule has 1 aromatic heterocycles. The summed E-state index contributed by atoms with van der Waals surface area (Å²) in [6.07, 6.45) is 7.61. The van der Waals surface area contributed by atoms with Gasteiger partial charge in [0, 0.05) is 34.7 Å². The standard InChI is InChI=1S/C27H37FN2O4S/c1-34-20-6-7-23-22(16-20)25(19(17-28)18-29-23)24(31)8-9-27(26(32)33)10-12-30(13-11-27)14-15-35-21-4-2-3-5-21/h6-7,16,18,21,24,31H,2-5,8-15,17H2,1H3,(H,32,33)/t24-/m0/s1. The van der Waals surface area contributed by atoms with Gasteiger partial charge in [-0.25, -0.2) is 4.39 Å². The Morgan fingerprint density at radius 2 is 2.06 bits per heavy atom. The van der Waals surface area contributed by atoms with Gasteiger partial charge in [-0.05, 0) is 75.4 Å². The summed E-state index contributed by atoms with van der Waals surface area (Å²) in [5.74, 6) is 0.912. The highest BCUT2D eigenvalue weighted by atomic mass is 32.2. The van der Waals surface area contributed by atoms with Gasteiger partial charge in [0.2, 0.25) is 0 Å². The monoisotopic (exact) mass is 504 g/mol. The number of aliphatic hydroxyl groups excluding tert-OH is 1. The van der Waals surface area contributed by atoms with Crippen LogP contribution in [0.3, 0.4) is 0 Å². The number of methoxy groups -OCH3 is 1. The Balaban J connectivity index is 1.40. The molecule has 1 atom stereocenters. The van der Waals surface area contributed by atoms with Crippen molar-refractivity contribution in [1.29, 1.82) is 0 Å². The molecule has 0 unspecified atom stereocenters. The molecule has 0 amide bonds. The number of likely N-dealkylation sites (tertiary alicyclic amines) is 1. The molecule has 4 rings (SSSR count). The molecule has 0 spiro atoms. The van der Waals surface area contributed by atoms with Gasteiger partial charge in [-0.15, -0.1) is 0 Å². The second-order valence-corrected chi connectivity index (χ2v) is 11.4. The zero-order valence-corrected chi connectivity index (χ0v) is 21.4. The lowest BCUT2D eigenvalue weighted by Crippen LogP contribution is -2.45. The number of hydrogen-bond acceptors (Lipinski definition) is 6. The highest BCUT2D eigenvalue weighted by Gasteiger charge is 2.41. The minimum Gasteiger partial charge on any atom is -0.497 e. The number of ether oxygens (including phenoxy) is 1. The molecule has 192 valence electrons. The van der Waals surface area contributed by atoms with Crippen LogP contribution in [0.5, 0.6) is 5.75 Å². The number of benzene rings is 1. The van der Waals surface area contributed by atoms with Gasteiger partial charge >= 0.3 is 5.97 Å². The third-order valence-corrected chi connectivity index (χ3v) is 9.26. The van der Waals surface area contributed by atoms with E-state index in [-0.39, 0.29) is 6.42 Å². The van der Waals surface area contributed by atoms with Gasteiger partial charge < -0.3 is 19.8 Å². The van der Waals surface area contributed by atoms with E-state index in [4.69, 9.17) is 4.74 Å². The predicted molar refractivity (Wildman–Crippen MR) is 138 cm³/mol. The van der Waals surface area contributed by atoms with Gasteiger partial charge in [-0.1, -0.05) is 12.8 Å². The van der Waals surface area contributed by atoms with Crippen LogP contribution in [-0.2, 0) is 11.5 Å². The first-order valence-corrected chi connectivity index (χ1v) is 13.8. The zero-order chi connectivity index (χ0) is 24.8. The summed E-state index contributed by atoms with van der Waals surface area (Å²) in [4.78, 5) is 19.0. The van der Waals surface area contributed by atoms with Crippen LogP contribution >= 0.6 is 11.8 Å². The van der Waals surface area contributed by atoms with Crippen LogP contribution in [0.4, 0.5) is 4.39 Å². The van der Waals surface area contributed by atoms with Crippen molar-refractivity contribution in [3.05, 3.63) is 35.5 Å². The first kappa shape index (κ1) is 26.2. The van der Waals surface area contributed by atoms with Gasteiger partial charge in [-0.3, -0.25) is 9.78 Å². The lowest BCUT2D eigenvalue weighted by molar-refractivity contribution is -0.153. The number of aromatic nitrogens is 1. The van der Waals surface area contributed by atoms with E-state index < -0.39 is 24.2 Å². The lowest BCUT2D eigenvalue weighted by atomic mass is 9.74. The lowest BCUT2D eigenvalue weighted by Gasteiger charge is -2.39. The quantitative estimate of drug-likeness (QED) is 0.426. The summed E-state index contributed by atoms with van der Waals surface area (Å²) in [6.45, 7) is 1.78. The van der Waals surface area contributed by atoms with E-state index in [1.807, 2.05) is 0 Å². The number of rotatable bonds is 11. The molecule has 2 fully saturated rings. The van der Waals surface area contributed by atoms with Gasteiger partial charge in [0.25, 0.3) is 0 Å². The maximum absolute atomic E-state index is 13.8. The predicted octanol–water partition coefficient (Wildman–Crippen LogP) is 5.37. The molecule has 8 heteroatoms. The van der Waals surface area contributed by atoms with Crippen LogP contribution in [0, 0.1) is 5.41 Å². The summed E-state index contributed by atoms with van der Waals surface area (Å²) >= 11 is 2.07. The van der Waals surface area contributed by atoms with Crippen molar-refractivity contribution < 1.29 is 24.1 Å². The molecule has 1 aromatic carbocycles. The van der Waals surface area contributed by atoms with Gasteiger partial charge in [0.1, 0.15) is 12.4 Å². The number of thioether (sulfide) groups is 1. The van der Waals surface area contributed by atoms with Crippen molar-refractivity contribution in [3.63, 3.8) is 0 Å². The van der Waals surface area contributed by atoms with Crippen molar-refractivity contribution in [2.24, 2.45) is 5.41 Å². The Labute approximate surface area is 211 Å². The third-order valence-electron chi connectivity index (χ3n) is 7.90. The SMILES string of the molecule is COc1ccc2ncc(CF)c([C@@H](O)CCC3(C(=O)O)CCN(CCSC4CCCC4)CC3)c2c1. The summed E-state index contributed by atoms with van der Waals surface area (Å²) in [7, 11) is 1.56. The minimum atomic E-state index is -0.976. The summed E-state index contributed by atoms with van der Waals surface area (Å²) in [6, 6.07) is 5.32. The van der Waals surface area contributed by atoms with Crippen LogP contribution < -0.4 is 4.74 Å². The fourth-order valence-electron chi connectivity index (χ4n) is 5.60. The number of aliphatic hydroxyl groups is 1. The van der Waals surface area contributed by atoms with Crippen LogP contribution in [-0.4, -0.2) is 63.8 Å². The fourth-order valence-corrected chi connectivity index (χ4v) is 6.96. The molecule has 2 heterocycles.